The Balaban J connectivity index is 1.72. The van der Waals surface area contributed by atoms with Gasteiger partial charge in [-0.1, -0.05) is 50.2 Å². The second-order valence-corrected chi connectivity index (χ2v) is 6.66. The smallest absolute Gasteiger partial charge is 0.133 e. The van der Waals surface area contributed by atoms with E-state index in [2.05, 4.69) is 76.4 Å². The number of aromatic nitrogens is 3. The summed E-state index contributed by atoms with van der Waals surface area (Å²) in [6.07, 6.45) is 3.45. The predicted octanol–water partition coefficient (Wildman–Crippen LogP) is 4.24. The van der Waals surface area contributed by atoms with Gasteiger partial charge in [0.25, 0.3) is 0 Å². The van der Waals surface area contributed by atoms with Crippen molar-refractivity contribution in [3.8, 4) is 0 Å². The summed E-state index contributed by atoms with van der Waals surface area (Å²) in [5.74, 6) is 2.19. The fraction of sp³-hybridized carbons (Fsp3) is 0.286. The van der Waals surface area contributed by atoms with Gasteiger partial charge in [0.1, 0.15) is 18.0 Å². The summed E-state index contributed by atoms with van der Waals surface area (Å²) in [6, 6.07) is 16.5. The Kier molecular flexibility index (Phi) is 5.79. The Morgan fingerprint density at radius 3 is 2.58 bits per heavy atom. The zero-order valence-corrected chi connectivity index (χ0v) is 15.6. The summed E-state index contributed by atoms with van der Waals surface area (Å²) in [5, 5.41) is 3.40. The third-order valence-corrected chi connectivity index (χ3v) is 4.23. The molecule has 2 aromatic heterocycles. The molecule has 0 radical (unpaired) electrons. The first-order valence-electron chi connectivity index (χ1n) is 8.88. The highest BCUT2D eigenvalue weighted by atomic mass is 15.2. The molecule has 0 aliphatic carbocycles. The zero-order valence-electron chi connectivity index (χ0n) is 15.6. The number of hydrogen-bond donors (Lipinski definition) is 1. The van der Waals surface area contributed by atoms with Crippen LogP contribution in [0.25, 0.3) is 0 Å². The van der Waals surface area contributed by atoms with E-state index in [9.17, 15) is 0 Å². The van der Waals surface area contributed by atoms with Crippen molar-refractivity contribution in [2.75, 3.05) is 17.3 Å². The molecule has 0 aliphatic rings. The minimum atomic E-state index is 0.379. The predicted molar refractivity (Wildman–Crippen MR) is 106 cm³/mol. The maximum Gasteiger partial charge on any atom is 0.133 e. The largest absolute Gasteiger partial charge is 0.366 e. The number of pyridine rings is 1. The minimum Gasteiger partial charge on any atom is -0.366 e. The van der Waals surface area contributed by atoms with E-state index in [-0.39, 0.29) is 0 Å². The molecule has 5 heteroatoms. The van der Waals surface area contributed by atoms with Gasteiger partial charge in [-0.15, -0.1) is 0 Å². The molecule has 0 unspecified atom stereocenters. The van der Waals surface area contributed by atoms with Crippen LogP contribution in [-0.4, -0.2) is 22.0 Å². The number of anilines is 2. The third-order valence-electron chi connectivity index (χ3n) is 4.23. The topological polar surface area (TPSA) is 53.9 Å². The lowest BCUT2D eigenvalue weighted by atomic mass is 10.1. The lowest BCUT2D eigenvalue weighted by Crippen LogP contribution is -2.20. The van der Waals surface area contributed by atoms with Crippen LogP contribution in [0.3, 0.4) is 0 Å². The molecular weight excluding hydrogens is 322 g/mol. The number of benzene rings is 1. The van der Waals surface area contributed by atoms with Gasteiger partial charge < -0.3 is 10.2 Å². The van der Waals surface area contributed by atoms with E-state index in [0.29, 0.717) is 12.5 Å². The molecule has 0 aliphatic heterocycles. The van der Waals surface area contributed by atoms with E-state index in [0.717, 1.165) is 29.4 Å². The fourth-order valence-electron chi connectivity index (χ4n) is 2.81. The van der Waals surface area contributed by atoms with Crippen molar-refractivity contribution in [1.82, 2.24) is 15.0 Å². The molecule has 26 heavy (non-hydrogen) atoms. The number of rotatable bonds is 7. The van der Waals surface area contributed by atoms with Gasteiger partial charge in [0, 0.05) is 43.7 Å². The zero-order chi connectivity index (χ0) is 18.4. The van der Waals surface area contributed by atoms with Crippen molar-refractivity contribution in [3.63, 3.8) is 0 Å². The monoisotopic (exact) mass is 347 g/mol. The highest BCUT2D eigenvalue weighted by Gasteiger charge is 2.10. The first kappa shape index (κ1) is 17.9. The van der Waals surface area contributed by atoms with Gasteiger partial charge in [-0.25, -0.2) is 15.0 Å². The summed E-state index contributed by atoms with van der Waals surface area (Å²) < 4.78 is 0. The second-order valence-electron chi connectivity index (χ2n) is 6.66. The SMILES string of the molecule is CC(C)c1cc(NCc2cccnc2N(C)Cc2ccccc2)ncn1. The average Bonchev–Trinajstić information content (AvgIpc) is 2.67. The summed E-state index contributed by atoms with van der Waals surface area (Å²) in [4.78, 5) is 15.4. The highest BCUT2D eigenvalue weighted by molar-refractivity contribution is 5.49. The fourth-order valence-corrected chi connectivity index (χ4v) is 2.81. The molecule has 3 rings (SSSR count). The summed E-state index contributed by atoms with van der Waals surface area (Å²) in [5.41, 5.74) is 3.43. The molecule has 0 saturated carbocycles. The molecule has 3 aromatic rings. The first-order chi connectivity index (χ1) is 12.6. The van der Waals surface area contributed by atoms with Gasteiger partial charge >= 0.3 is 0 Å². The standard InChI is InChI=1S/C21H25N5/c1-16(2)19-12-20(25-15-24-19)23-13-18-10-7-11-22-21(18)26(3)14-17-8-5-4-6-9-17/h4-12,15-16H,13-14H2,1-3H3,(H,23,24,25). The van der Waals surface area contributed by atoms with Crippen molar-refractivity contribution in [2.45, 2.75) is 32.9 Å². The molecule has 0 saturated heterocycles. The van der Waals surface area contributed by atoms with Crippen LogP contribution in [0, 0.1) is 0 Å². The van der Waals surface area contributed by atoms with Crippen molar-refractivity contribution < 1.29 is 0 Å². The molecule has 0 atom stereocenters. The summed E-state index contributed by atoms with van der Waals surface area (Å²) in [6.45, 7) is 5.74. The first-order valence-corrected chi connectivity index (χ1v) is 8.88. The van der Waals surface area contributed by atoms with E-state index in [4.69, 9.17) is 0 Å². The molecule has 0 bridgehead atoms. The van der Waals surface area contributed by atoms with Crippen LogP contribution in [0.4, 0.5) is 11.6 Å². The number of nitrogens with one attached hydrogen (secondary N) is 1. The number of nitrogens with zero attached hydrogens (tertiary/aromatic N) is 4. The molecule has 1 aromatic carbocycles. The Bertz CT molecular complexity index is 833. The van der Waals surface area contributed by atoms with Crippen LogP contribution in [-0.2, 0) is 13.1 Å². The van der Waals surface area contributed by atoms with Crippen LogP contribution in [0.5, 0.6) is 0 Å². The van der Waals surface area contributed by atoms with E-state index in [1.807, 2.05) is 24.4 Å². The molecule has 2 heterocycles. The number of hydrogen-bond acceptors (Lipinski definition) is 5. The Morgan fingerprint density at radius 2 is 1.81 bits per heavy atom. The quantitative estimate of drug-likeness (QED) is 0.693. The van der Waals surface area contributed by atoms with Crippen LogP contribution >= 0.6 is 0 Å². The molecule has 134 valence electrons. The van der Waals surface area contributed by atoms with Gasteiger partial charge in [0.15, 0.2) is 0 Å². The lowest BCUT2D eigenvalue weighted by molar-refractivity contribution is 0.813. The lowest BCUT2D eigenvalue weighted by Gasteiger charge is -2.21. The second kappa shape index (κ2) is 8.43. The normalized spacial score (nSPS) is 10.8. The van der Waals surface area contributed by atoms with Gasteiger partial charge in [0.2, 0.25) is 0 Å². The minimum absolute atomic E-state index is 0.379. The average molecular weight is 347 g/mol. The van der Waals surface area contributed by atoms with Crippen LogP contribution < -0.4 is 10.2 Å². The van der Waals surface area contributed by atoms with Crippen molar-refractivity contribution >= 4 is 11.6 Å². The highest BCUT2D eigenvalue weighted by Crippen LogP contribution is 2.20. The van der Waals surface area contributed by atoms with Gasteiger partial charge in [0.05, 0.1) is 0 Å². The molecule has 5 nitrogen and oxygen atoms in total. The molecule has 0 amide bonds. The summed E-state index contributed by atoms with van der Waals surface area (Å²) >= 11 is 0. The molecular formula is C21H25N5. The van der Waals surface area contributed by atoms with Crippen LogP contribution in [0.15, 0.2) is 61.1 Å². The van der Waals surface area contributed by atoms with Gasteiger partial charge in [-0.2, -0.15) is 0 Å². The maximum atomic E-state index is 4.59. The van der Waals surface area contributed by atoms with Crippen molar-refractivity contribution in [1.29, 1.82) is 0 Å². The maximum absolute atomic E-state index is 4.59. The van der Waals surface area contributed by atoms with Crippen LogP contribution in [0.1, 0.15) is 36.6 Å². The van der Waals surface area contributed by atoms with Gasteiger partial charge in [-0.3, -0.25) is 0 Å². The van der Waals surface area contributed by atoms with Crippen molar-refractivity contribution in [3.05, 3.63) is 77.9 Å². The summed E-state index contributed by atoms with van der Waals surface area (Å²) in [7, 11) is 2.07. The van der Waals surface area contributed by atoms with E-state index in [1.54, 1.807) is 6.33 Å². The molecule has 0 spiro atoms. The van der Waals surface area contributed by atoms with Crippen molar-refractivity contribution in [2.24, 2.45) is 0 Å². The molecule has 1 N–H and O–H groups in total. The Morgan fingerprint density at radius 1 is 1.00 bits per heavy atom. The molecule has 0 fully saturated rings. The van der Waals surface area contributed by atoms with E-state index < -0.39 is 0 Å². The van der Waals surface area contributed by atoms with E-state index in [1.165, 1.54) is 5.56 Å². The van der Waals surface area contributed by atoms with E-state index >= 15 is 0 Å². The third kappa shape index (κ3) is 4.57. The Hall–Kier alpha value is -2.95. The van der Waals surface area contributed by atoms with Crippen LogP contribution in [0.2, 0.25) is 0 Å². The Labute approximate surface area is 155 Å². The van der Waals surface area contributed by atoms with Gasteiger partial charge in [-0.05, 0) is 17.5 Å².